The van der Waals surface area contributed by atoms with Gasteiger partial charge in [0.15, 0.2) is 0 Å². The van der Waals surface area contributed by atoms with Gasteiger partial charge in [-0.3, -0.25) is 4.79 Å². The molecule has 0 atom stereocenters. The minimum atomic E-state index is -0.432. The summed E-state index contributed by atoms with van der Waals surface area (Å²) in [5.41, 5.74) is 1.73. The van der Waals surface area contributed by atoms with Crippen molar-refractivity contribution in [1.29, 1.82) is 0 Å². The lowest BCUT2D eigenvalue weighted by atomic mass is 9.82. The molecule has 0 aliphatic heterocycles. The van der Waals surface area contributed by atoms with Crippen LogP contribution >= 0.6 is 0 Å². The minimum Gasteiger partial charge on any atom is -0.445 e. The van der Waals surface area contributed by atoms with Gasteiger partial charge in [-0.2, -0.15) is 0 Å². The highest BCUT2D eigenvalue weighted by atomic mass is 16.5. The van der Waals surface area contributed by atoms with Gasteiger partial charge in [0.2, 0.25) is 0 Å². The van der Waals surface area contributed by atoms with Crippen molar-refractivity contribution in [2.45, 2.75) is 39.2 Å². The molecule has 2 aromatic carbocycles. The summed E-state index contributed by atoms with van der Waals surface area (Å²) in [6, 6.07) is 16.0. The number of carbonyl (C=O) groups excluding carboxylic acids is 2. The van der Waals surface area contributed by atoms with E-state index in [1.807, 2.05) is 37.3 Å². The van der Waals surface area contributed by atoms with Crippen molar-refractivity contribution in [1.82, 2.24) is 5.32 Å². The van der Waals surface area contributed by atoms with Gasteiger partial charge in [-0.15, -0.1) is 0 Å². The maximum absolute atomic E-state index is 12.6. The second-order valence-corrected chi connectivity index (χ2v) is 8.49. The monoisotopic (exact) mass is 449 g/mol. The van der Waals surface area contributed by atoms with Crippen LogP contribution in [0.15, 0.2) is 63.8 Å². The third kappa shape index (κ3) is 6.00. The van der Waals surface area contributed by atoms with E-state index in [2.05, 4.69) is 5.32 Å². The summed E-state index contributed by atoms with van der Waals surface area (Å²) in [6.45, 7) is 2.60. The number of aryl methyl sites for hydroxylation is 1. The Hall–Kier alpha value is -3.61. The van der Waals surface area contributed by atoms with E-state index in [1.54, 1.807) is 18.2 Å². The number of alkyl carbamates (subject to hydrolysis) is 1. The highest BCUT2D eigenvalue weighted by molar-refractivity contribution is 5.83. The Morgan fingerprint density at radius 2 is 1.79 bits per heavy atom. The Kier molecular flexibility index (Phi) is 7.07. The van der Waals surface area contributed by atoms with Gasteiger partial charge in [0.05, 0.1) is 5.92 Å². The summed E-state index contributed by atoms with van der Waals surface area (Å²) in [7, 11) is 0. The van der Waals surface area contributed by atoms with Crippen molar-refractivity contribution in [2.24, 2.45) is 11.8 Å². The molecule has 0 bridgehead atoms. The summed E-state index contributed by atoms with van der Waals surface area (Å²) in [6.07, 6.45) is 2.62. The summed E-state index contributed by atoms with van der Waals surface area (Å²) < 4.78 is 16.0. The van der Waals surface area contributed by atoms with Crippen LogP contribution in [0.1, 0.15) is 36.8 Å². The molecule has 1 aliphatic rings. The maximum atomic E-state index is 12.6. The minimum absolute atomic E-state index is 0.188. The average Bonchev–Trinajstić information content (AvgIpc) is 2.82. The van der Waals surface area contributed by atoms with Crippen LogP contribution in [0.2, 0.25) is 0 Å². The highest BCUT2D eigenvalue weighted by Crippen LogP contribution is 2.30. The molecule has 7 heteroatoms. The van der Waals surface area contributed by atoms with Crippen LogP contribution in [0.3, 0.4) is 0 Å². The lowest BCUT2D eigenvalue weighted by Gasteiger charge is -2.27. The molecule has 7 nitrogen and oxygen atoms in total. The number of fused-ring (bicyclic) bond motifs is 1. The lowest BCUT2D eigenvalue weighted by Crippen LogP contribution is -2.33. The number of esters is 1. The second kappa shape index (κ2) is 10.3. The molecule has 3 aromatic rings. The first kappa shape index (κ1) is 22.6. The van der Waals surface area contributed by atoms with Crippen molar-refractivity contribution in [3.05, 3.63) is 76.1 Å². The van der Waals surface area contributed by atoms with Gasteiger partial charge in [0.1, 0.15) is 17.9 Å². The van der Waals surface area contributed by atoms with Gasteiger partial charge in [-0.25, -0.2) is 9.59 Å². The fourth-order valence-electron chi connectivity index (χ4n) is 4.17. The largest absolute Gasteiger partial charge is 0.445 e. The molecule has 4 rings (SSSR count). The number of rotatable bonds is 6. The van der Waals surface area contributed by atoms with Crippen LogP contribution < -0.4 is 15.7 Å². The zero-order valence-electron chi connectivity index (χ0n) is 18.5. The molecule has 0 radical (unpaired) electrons. The van der Waals surface area contributed by atoms with E-state index in [1.165, 1.54) is 6.07 Å². The molecule has 1 fully saturated rings. The summed E-state index contributed by atoms with van der Waals surface area (Å²) in [5, 5.41) is 3.63. The van der Waals surface area contributed by atoms with E-state index >= 15 is 0 Å². The second-order valence-electron chi connectivity index (χ2n) is 8.49. The van der Waals surface area contributed by atoms with E-state index in [4.69, 9.17) is 13.9 Å². The highest BCUT2D eigenvalue weighted by Gasteiger charge is 2.28. The molecule has 33 heavy (non-hydrogen) atoms. The van der Waals surface area contributed by atoms with E-state index in [0.29, 0.717) is 36.6 Å². The molecule has 0 unspecified atom stereocenters. The van der Waals surface area contributed by atoms with Crippen molar-refractivity contribution in [3.8, 4) is 5.75 Å². The summed E-state index contributed by atoms with van der Waals surface area (Å²) >= 11 is 0. The van der Waals surface area contributed by atoms with Gasteiger partial charge < -0.3 is 19.2 Å². The Balaban J connectivity index is 1.21. The van der Waals surface area contributed by atoms with Crippen molar-refractivity contribution < 1.29 is 23.5 Å². The van der Waals surface area contributed by atoms with Crippen LogP contribution in [0.5, 0.6) is 5.75 Å². The predicted octanol–water partition coefficient (Wildman–Crippen LogP) is 4.74. The molecule has 1 N–H and O–H groups in total. The van der Waals surface area contributed by atoms with Crippen LogP contribution in [0.25, 0.3) is 11.0 Å². The van der Waals surface area contributed by atoms with Crippen LogP contribution in [-0.4, -0.2) is 18.6 Å². The Labute approximate surface area is 191 Å². The molecule has 1 amide bonds. The SMILES string of the molecule is Cc1cc(=O)oc2cc(OC(=O)C3CCC(CNC(=O)OCc4ccccc4)CC3)ccc12. The van der Waals surface area contributed by atoms with E-state index in [-0.39, 0.29) is 18.5 Å². The Morgan fingerprint density at radius 3 is 2.55 bits per heavy atom. The number of amides is 1. The van der Waals surface area contributed by atoms with E-state index in [9.17, 15) is 14.4 Å². The average molecular weight is 450 g/mol. The fraction of sp³-hybridized carbons (Fsp3) is 0.346. The zero-order chi connectivity index (χ0) is 23.2. The van der Waals surface area contributed by atoms with Crippen LogP contribution in [0.4, 0.5) is 4.79 Å². The van der Waals surface area contributed by atoms with E-state index < -0.39 is 11.7 Å². The number of carbonyl (C=O) groups is 2. The van der Waals surface area contributed by atoms with Crippen molar-refractivity contribution >= 4 is 23.0 Å². The molecular formula is C26H27NO6. The molecule has 0 saturated heterocycles. The number of benzene rings is 2. The molecular weight excluding hydrogens is 422 g/mol. The smallest absolute Gasteiger partial charge is 0.407 e. The molecule has 172 valence electrons. The molecule has 1 aromatic heterocycles. The van der Waals surface area contributed by atoms with Gasteiger partial charge in [0.25, 0.3) is 0 Å². The lowest BCUT2D eigenvalue weighted by molar-refractivity contribution is -0.140. The number of hydrogen-bond acceptors (Lipinski definition) is 6. The number of nitrogens with one attached hydrogen (secondary N) is 1. The van der Waals surface area contributed by atoms with Gasteiger partial charge >= 0.3 is 17.7 Å². The van der Waals surface area contributed by atoms with Crippen molar-refractivity contribution in [3.63, 3.8) is 0 Å². The number of ether oxygens (including phenoxy) is 2. The van der Waals surface area contributed by atoms with Crippen LogP contribution in [-0.2, 0) is 16.1 Å². The Bertz CT molecular complexity index is 1180. The fourth-order valence-corrected chi connectivity index (χ4v) is 4.17. The van der Waals surface area contributed by atoms with E-state index in [0.717, 1.165) is 29.4 Å². The molecule has 1 aliphatic carbocycles. The standard InChI is InChI=1S/C26H27NO6/c1-17-13-24(28)33-23-14-21(11-12-22(17)23)32-25(29)20-9-7-18(8-10-20)15-27-26(30)31-16-19-5-3-2-4-6-19/h2-6,11-14,18,20H,7-10,15-16H2,1H3,(H,27,30). The topological polar surface area (TPSA) is 94.8 Å². The maximum Gasteiger partial charge on any atom is 0.407 e. The summed E-state index contributed by atoms with van der Waals surface area (Å²) in [5.74, 6) is 0.201. The third-order valence-corrected chi connectivity index (χ3v) is 6.07. The first-order valence-electron chi connectivity index (χ1n) is 11.2. The third-order valence-electron chi connectivity index (χ3n) is 6.07. The molecule has 0 spiro atoms. The summed E-state index contributed by atoms with van der Waals surface area (Å²) in [4.78, 5) is 36.2. The quantitative estimate of drug-likeness (QED) is 0.332. The Morgan fingerprint density at radius 1 is 1.03 bits per heavy atom. The molecule has 1 saturated carbocycles. The predicted molar refractivity (Wildman–Crippen MR) is 123 cm³/mol. The van der Waals surface area contributed by atoms with Gasteiger partial charge in [-0.05, 0) is 61.8 Å². The molecule has 1 heterocycles. The normalized spacial score (nSPS) is 18.0. The van der Waals surface area contributed by atoms with Crippen molar-refractivity contribution in [2.75, 3.05) is 6.54 Å². The first-order chi connectivity index (χ1) is 16.0. The zero-order valence-corrected chi connectivity index (χ0v) is 18.5. The van der Waals surface area contributed by atoms with Gasteiger partial charge in [0, 0.05) is 24.1 Å². The first-order valence-corrected chi connectivity index (χ1v) is 11.2. The number of hydrogen-bond donors (Lipinski definition) is 1. The van der Waals surface area contributed by atoms with Crippen LogP contribution in [0, 0.1) is 18.8 Å². The van der Waals surface area contributed by atoms with Gasteiger partial charge in [-0.1, -0.05) is 30.3 Å².